The maximum absolute atomic E-state index is 10.7. The first kappa shape index (κ1) is 16.1. The molecule has 0 saturated carbocycles. The second kappa shape index (κ2) is 6.48. The Balaban J connectivity index is 2.94. The molecule has 1 N–H and O–H groups in total. The van der Waals surface area contributed by atoms with Crippen LogP contribution >= 0.6 is 0 Å². The molecule has 5 heteroatoms. The maximum atomic E-state index is 10.7. The Bertz CT molecular complexity index is 383. The van der Waals surface area contributed by atoms with Gasteiger partial charge in [0.1, 0.15) is 12.2 Å². The quantitative estimate of drug-likeness (QED) is 0.820. The third-order valence-electron chi connectivity index (χ3n) is 4.25. The van der Waals surface area contributed by atoms with Gasteiger partial charge in [0.25, 0.3) is 0 Å². The number of aliphatic hydroxyl groups excluding tert-OH is 1. The predicted octanol–water partition coefficient (Wildman–Crippen LogP) is 1.88. The van der Waals surface area contributed by atoms with E-state index in [0.29, 0.717) is 6.42 Å². The van der Waals surface area contributed by atoms with E-state index in [4.69, 9.17) is 0 Å². The second-order valence-electron chi connectivity index (χ2n) is 5.64. The molecule has 0 bridgehead atoms. The largest absolute Gasteiger partial charge is 0.391 e. The number of nitrogens with zero attached hydrogens (tertiary/aromatic N) is 4. The van der Waals surface area contributed by atoms with Gasteiger partial charge in [-0.25, -0.2) is 9.67 Å². The molecule has 1 unspecified atom stereocenters. The van der Waals surface area contributed by atoms with Crippen LogP contribution in [0.3, 0.4) is 0 Å². The van der Waals surface area contributed by atoms with Gasteiger partial charge in [-0.2, -0.15) is 5.10 Å². The van der Waals surface area contributed by atoms with Crippen LogP contribution in [0.2, 0.25) is 0 Å². The fourth-order valence-electron chi connectivity index (χ4n) is 2.87. The van der Waals surface area contributed by atoms with E-state index in [1.165, 1.54) is 0 Å². The van der Waals surface area contributed by atoms with Crippen molar-refractivity contribution >= 4 is 0 Å². The standard InChI is InChI=1S/C14H28N4O/c1-7-14(8-2,17(5)6)12(19)9-13-15-10-16-18(13)11(3)4/h10-12,19H,7-9H2,1-6H3. The van der Waals surface area contributed by atoms with E-state index in [1.807, 2.05) is 18.8 Å². The minimum Gasteiger partial charge on any atom is -0.391 e. The highest BCUT2D eigenvalue weighted by atomic mass is 16.3. The molecule has 5 nitrogen and oxygen atoms in total. The zero-order valence-electron chi connectivity index (χ0n) is 13.1. The molecule has 0 spiro atoms. The maximum Gasteiger partial charge on any atom is 0.138 e. The highest BCUT2D eigenvalue weighted by Gasteiger charge is 2.37. The number of likely N-dealkylation sites (N-methyl/N-ethyl adjacent to an activating group) is 1. The van der Waals surface area contributed by atoms with Gasteiger partial charge in [0.2, 0.25) is 0 Å². The molecule has 110 valence electrons. The third-order valence-corrected chi connectivity index (χ3v) is 4.25. The van der Waals surface area contributed by atoms with Crippen LogP contribution in [0.4, 0.5) is 0 Å². The summed E-state index contributed by atoms with van der Waals surface area (Å²) >= 11 is 0. The summed E-state index contributed by atoms with van der Waals surface area (Å²) in [6, 6.07) is 0.265. The van der Waals surface area contributed by atoms with Gasteiger partial charge in [-0.1, -0.05) is 13.8 Å². The van der Waals surface area contributed by atoms with Crippen LogP contribution in [-0.4, -0.2) is 50.5 Å². The normalized spacial score (nSPS) is 14.4. The molecule has 0 aliphatic carbocycles. The first-order valence-corrected chi connectivity index (χ1v) is 7.12. The highest BCUT2D eigenvalue weighted by molar-refractivity contribution is 4.99. The summed E-state index contributed by atoms with van der Waals surface area (Å²) < 4.78 is 1.88. The lowest BCUT2D eigenvalue weighted by atomic mass is 9.83. The summed E-state index contributed by atoms with van der Waals surface area (Å²) in [5, 5.41) is 14.9. The summed E-state index contributed by atoms with van der Waals surface area (Å²) in [7, 11) is 4.06. The molecule has 0 radical (unpaired) electrons. The van der Waals surface area contributed by atoms with Crippen LogP contribution in [0.5, 0.6) is 0 Å². The van der Waals surface area contributed by atoms with Crippen molar-refractivity contribution in [2.75, 3.05) is 14.1 Å². The van der Waals surface area contributed by atoms with Gasteiger partial charge in [0, 0.05) is 18.0 Å². The SMILES string of the molecule is CCC(CC)(C(O)Cc1ncnn1C(C)C)N(C)C. The Kier molecular flexibility index (Phi) is 5.50. The second-order valence-corrected chi connectivity index (χ2v) is 5.64. The fourth-order valence-corrected chi connectivity index (χ4v) is 2.87. The predicted molar refractivity (Wildman–Crippen MR) is 77.1 cm³/mol. The molecule has 1 aromatic rings. The van der Waals surface area contributed by atoms with Crippen molar-refractivity contribution in [2.24, 2.45) is 0 Å². The lowest BCUT2D eigenvalue weighted by Crippen LogP contribution is -2.53. The molecule has 1 aromatic heterocycles. The van der Waals surface area contributed by atoms with Crippen LogP contribution in [0, 0.1) is 0 Å². The molecule has 19 heavy (non-hydrogen) atoms. The van der Waals surface area contributed by atoms with Crippen molar-refractivity contribution in [2.45, 2.75) is 64.6 Å². The molecule has 0 saturated heterocycles. The lowest BCUT2D eigenvalue weighted by molar-refractivity contribution is -0.0142. The van der Waals surface area contributed by atoms with Crippen LogP contribution < -0.4 is 0 Å². The molecule has 0 fully saturated rings. The molecule has 1 rings (SSSR count). The summed E-state index contributed by atoms with van der Waals surface area (Å²) in [5.41, 5.74) is -0.201. The van der Waals surface area contributed by atoms with E-state index in [1.54, 1.807) is 6.33 Å². The van der Waals surface area contributed by atoms with Crippen LogP contribution in [0.1, 0.15) is 52.4 Å². The van der Waals surface area contributed by atoms with Gasteiger partial charge in [-0.05, 0) is 40.8 Å². The molecule has 0 aromatic carbocycles. The average Bonchev–Trinajstić information content (AvgIpc) is 2.79. The molecular formula is C14H28N4O. The molecular weight excluding hydrogens is 240 g/mol. The van der Waals surface area contributed by atoms with Crippen molar-refractivity contribution < 1.29 is 5.11 Å². The van der Waals surface area contributed by atoms with Gasteiger partial charge in [0.05, 0.1) is 6.10 Å². The number of rotatable bonds is 7. The smallest absolute Gasteiger partial charge is 0.138 e. The van der Waals surface area contributed by atoms with E-state index in [-0.39, 0.29) is 11.6 Å². The molecule has 0 amide bonds. The van der Waals surface area contributed by atoms with Gasteiger partial charge in [-0.3, -0.25) is 0 Å². The first-order valence-electron chi connectivity index (χ1n) is 7.12. The number of aliphatic hydroxyl groups is 1. The van der Waals surface area contributed by atoms with Crippen LogP contribution in [-0.2, 0) is 6.42 Å². The lowest BCUT2D eigenvalue weighted by Gasteiger charge is -2.42. The monoisotopic (exact) mass is 268 g/mol. The van der Waals surface area contributed by atoms with E-state index in [2.05, 4.69) is 42.7 Å². The molecule has 0 aliphatic heterocycles. The van der Waals surface area contributed by atoms with Crippen molar-refractivity contribution in [3.63, 3.8) is 0 Å². The minimum absolute atomic E-state index is 0.201. The van der Waals surface area contributed by atoms with Gasteiger partial charge >= 0.3 is 0 Å². The third kappa shape index (κ3) is 3.15. The molecule has 1 atom stereocenters. The fraction of sp³-hybridized carbons (Fsp3) is 0.857. The topological polar surface area (TPSA) is 54.2 Å². The van der Waals surface area contributed by atoms with Gasteiger partial charge in [-0.15, -0.1) is 0 Å². The number of hydrogen-bond acceptors (Lipinski definition) is 4. The van der Waals surface area contributed by atoms with Crippen LogP contribution in [0.15, 0.2) is 6.33 Å². The summed E-state index contributed by atoms with van der Waals surface area (Å²) in [6.07, 6.45) is 3.48. The van der Waals surface area contributed by atoms with E-state index in [0.717, 1.165) is 18.7 Å². The van der Waals surface area contributed by atoms with E-state index in [9.17, 15) is 5.11 Å². The van der Waals surface area contributed by atoms with Crippen molar-refractivity contribution in [1.29, 1.82) is 0 Å². The Hall–Kier alpha value is -0.940. The first-order chi connectivity index (χ1) is 8.89. The Morgan fingerprint density at radius 1 is 1.32 bits per heavy atom. The Morgan fingerprint density at radius 2 is 1.89 bits per heavy atom. The van der Waals surface area contributed by atoms with Gasteiger partial charge < -0.3 is 10.0 Å². The van der Waals surface area contributed by atoms with E-state index >= 15 is 0 Å². The zero-order valence-corrected chi connectivity index (χ0v) is 13.1. The zero-order chi connectivity index (χ0) is 14.6. The van der Waals surface area contributed by atoms with E-state index < -0.39 is 6.10 Å². The van der Waals surface area contributed by atoms with Crippen molar-refractivity contribution in [3.8, 4) is 0 Å². The molecule has 0 aliphatic rings. The Labute approximate surface area is 116 Å². The van der Waals surface area contributed by atoms with Crippen LogP contribution in [0.25, 0.3) is 0 Å². The number of aromatic nitrogens is 3. The summed E-state index contributed by atoms with van der Waals surface area (Å²) in [6.45, 7) is 8.40. The van der Waals surface area contributed by atoms with Crippen molar-refractivity contribution in [3.05, 3.63) is 12.2 Å². The molecule has 1 heterocycles. The Morgan fingerprint density at radius 3 is 2.32 bits per heavy atom. The average molecular weight is 268 g/mol. The highest BCUT2D eigenvalue weighted by Crippen LogP contribution is 2.27. The summed E-state index contributed by atoms with van der Waals surface area (Å²) in [5.74, 6) is 0.857. The van der Waals surface area contributed by atoms with Gasteiger partial charge in [0.15, 0.2) is 0 Å². The minimum atomic E-state index is -0.445. The number of hydrogen-bond donors (Lipinski definition) is 1. The van der Waals surface area contributed by atoms with Crippen molar-refractivity contribution in [1.82, 2.24) is 19.7 Å². The summed E-state index contributed by atoms with van der Waals surface area (Å²) in [4.78, 5) is 6.42.